The van der Waals surface area contributed by atoms with Crippen LogP contribution >= 0.6 is 0 Å². The van der Waals surface area contributed by atoms with Crippen LogP contribution in [-0.4, -0.2) is 24.0 Å². The Morgan fingerprint density at radius 1 is 1.35 bits per heavy atom. The molecule has 0 unspecified atom stereocenters. The molecular formula is C14H26N2O. The van der Waals surface area contributed by atoms with E-state index < -0.39 is 0 Å². The molecule has 0 bridgehead atoms. The van der Waals surface area contributed by atoms with Crippen LogP contribution in [0, 0.1) is 0 Å². The van der Waals surface area contributed by atoms with Gasteiger partial charge in [0.15, 0.2) is 0 Å². The van der Waals surface area contributed by atoms with E-state index in [4.69, 9.17) is 4.42 Å². The summed E-state index contributed by atoms with van der Waals surface area (Å²) in [5, 5.41) is 3.40. The summed E-state index contributed by atoms with van der Waals surface area (Å²) < 4.78 is 5.55. The molecule has 0 radical (unpaired) electrons. The molecule has 0 aromatic carbocycles. The summed E-state index contributed by atoms with van der Waals surface area (Å²) in [7, 11) is 0. The van der Waals surface area contributed by atoms with Gasteiger partial charge in [-0.1, -0.05) is 27.7 Å². The van der Waals surface area contributed by atoms with Crippen LogP contribution in [-0.2, 0) is 13.1 Å². The van der Waals surface area contributed by atoms with Crippen LogP contribution in [0.1, 0.15) is 45.4 Å². The molecular weight excluding hydrogens is 212 g/mol. The van der Waals surface area contributed by atoms with Crippen molar-refractivity contribution in [1.82, 2.24) is 10.2 Å². The fraction of sp³-hybridized carbons (Fsp3) is 0.714. The Morgan fingerprint density at radius 3 is 2.71 bits per heavy atom. The summed E-state index contributed by atoms with van der Waals surface area (Å²) in [6.07, 6.45) is 3.00. The number of furan rings is 1. The standard InChI is InChI=1S/C14H26N2O/c1-5-8-16(6-2)11-13-7-9-17-14(13)10-15-12(3)4/h7,9,12,15H,5-6,8,10-11H2,1-4H3. The van der Waals surface area contributed by atoms with Gasteiger partial charge in [-0.2, -0.15) is 0 Å². The van der Waals surface area contributed by atoms with E-state index in [1.165, 1.54) is 12.0 Å². The molecule has 17 heavy (non-hydrogen) atoms. The third-order valence-electron chi connectivity index (χ3n) is 2.89. The molecule has 3 heteroatoms. The molecule has 98 valence electrons. The summed E-state index contributed by atoms with van der Waals surface area (Å²) in [6, 6.07) is 2.58. The summed E-state index contributed by atoms with van der Waals surface area (Å²) in [6.45, 7) is 12.8. The number of nitrogens with zero attached hydrogens (tertiary/aromatic N) is 1. The summed E-state index contributed by atoms with van der Waals surface area (Å²) in [5.41, 5.74) is 1.31. The normalized spacial score (nSPS) is 11.6. The Morgan fingerprint density at radius 2 is 2.12 bits per heavy atom. The zero-order valence-corrected chi connectivity index (χ0v) is 11.6. The fourth-order valence-electron chi connectivity index (χ4n) is 1.87. The maximum atomic E-state index is 5.55. The van der Waals surface area contributed by atoms with Gasteiger partial charge in [-0.15, -0.1) is 0 Å². The minimum Gasteiger partial charge on any atom is -0.468 e. The third kappa shape index (κ3) is 4.92. The lowest BCUT2D eigenvalue weighted by Crippen LogP contribution is -2.25. The number of hydrogen-bond acceptors (Lipinski definition) is 3. The van der Waals surface area contributed by atoms with Crippen LogP contribution in [0.4, 0.5) is 0 Å². The lowest BCUT2D eigenvalue weighted by molar-refractivity contribution is 0.277. The highest BCUT2D eigenvalue weighted by molar-refractivity contribution is 5.16. The van der Waals surface area contributed by atoms with Gasteiger partial charge < -0.3 is 9.73 Å². The molecule has 0 spiro atoms. The average molecular weight is 238 g/mol. The van der Waals surface area contributed by atoms with Crippen LogP contribution in [0.5, 0.6) is 0 Å². The van der Waals surface area contributed by atoms with Crippen LogP contribution < -0.4 is 5.32 Å². The summed E-state index contributed by atoms with van der Waals surface area (Å²) in [5.74, 6) is 1.08. The second-order valence-corrected chi connectivity index (χ2v) is 4.77. The molecule has 0 aliphatic heterocycles. The fourth-order valence-corrected chi connectivity index (χ4v) is 1.87. The number of nitrogens with one attached hydrogen (secondary N) is 1. The van der Waals surface area contributed by atoms with Crippen molar-refractivity contribution in [3.05, 3.63) is 23.7 Å². The second kappa shape index (κ2) is 7.51. The molecule has 1 rings (SSSR count). The molecule has 1 aromatic heterocycles. The Kier molecular flexibility index (Phi) is 6.30. The van der Waals surface area contributed by atoms with Gasteiger partial charge in [0.2, 0.25) is 0 Å². The maximum absolute atomic E-state index is 5.55. The van der Waals surface area contributed by atoms with Crippen molar-refractivity contribution in [1.29, 1.82) is 0 Å². The summed E-state index contributed by atoms with van der Waals surface area (Å²) >= 11 is 0. The zero-order valence-electron chi connectivity index (χ0n) is 11.6. The van der Waals surface area contributed by atoms with Gasteiger partial charge >= 0.3 is 0 Å². The van der Waals surface area contributed by atoms with E-state index in [1.54, 1.807) is 6.26 Å². The quantitative estimate of drug-likeness (QED) is 0.754. The molecule has 0 saturated heterocycles. The SMILES string of the molecule is CCCN(CC)Cc1ccoc1CNC(C)C. The molecule has 1 heterocycles. The highest BCUT2D eigenvalue weighted by atomic mass is 16.3. The van der Waals surface area contributed by atoms with Gasteiger partial charge in [0, 0.05) is 18.2 Å². The van der Waals surface area contributed by atoms with E-state index in [1.807, 2.05) is 0 Å². The van der Waals surface area contributed by atoms with Crippen LogP contribution in [0.15, 0.2) is 16.7 Å². The summed E-state index contributed by atoms with van der Waals surface area (Å²) in [4.78, 5) is 2.45. The van der Waals surface area contributed by atoms with E-state index in [9.17, 15) is 0 Å². The third-order valence-corrected chi connectivity index (χ3v) is 2.89. The van der Waals surface area contributed by atoms with E-state index in [0.717, 1.165) is 31.9 Å². The van der Waals surface area contributed by atoms with Crippen molar-refractivity contribution >= 4 is 0 Å². The first-order chi connectivity index (χ1) is 8.17. The van der Waals surface area contributed by atoms with Crippen molar-refractivity contribution in [2.45, 2.75) is 53.2 Å². The first kappa shape index (κ1) is 14.3. The van der Waals surface area contributed by atoms with Gasteiger partial charge in [0.05, 0.1) is 12.8 Å². The lowest BCUT2D eigenvalue weighted by atomic mass is 10.2. The second-order valence-electron chi connectivity index (χ2n) is 4.77. The van der Waals surface area contributed by atoms with E-state index in [-0.39, 0.29) is 0 Å². The minimum atomic E-state index is 0.492. The molecule has 0 aliphatic carbocycles. The van der Waals surface area contributed by atoms with Crippen LogP contribution in [0.25, 0.3) is 0 Å². The predicted octanol–water partition coefficient (Wildman–Crippen LogP) is 3.01. The predicted molar refractivity (Wildman–Crippen MR) is 71.9 cm³/mol. The highest BCUT2D eigenvalue weighted by Gasteiger charge is 2.10. The van der Waals surface area contributed by atoms with Gasteiger partial charge in [0.1, 0.15) is 5.76 Å². The Bertz CT molecular complexity index is 307. The number of rotatable bonds is 8. The first-order valence-electron chi connectivity index (χ1n) is 6.68. The van der Waals surface area contributed by atoms with Gasteiger partial charge in [-0.3, -0.25) is 4.90 Å². The van der Waals surface area contributed by atoms with E-state index in [2.05, 4.69) is 44.0 Å². The first-order valence-corrected chi connectivity index (χ1v) is 6.68. The Balaban J connectivity index is 2.55. The Labute approximate surface area is 105 Å². The van der Waals surface area contributed by atoms with Crippen molar-refractivity contribution < 1.29 is 4.42 Å². The van der Waals surface area contributed by atoms with E-state index >= 15 is 0 Å². The number of hydrogen-bond donors (Lipinski definition) is 1. The molecule has 1 aromatic rings. The molecule has 0 saturated carbocycles. The van der Waals surface area contributed by atoms with Gasteiger partial charge in [-0.05, 0) is 25.6 Å². The smallest absolute Gasteiger partial charge is 0.122 e. The largest absolute Gasteiger partial charge is 0.468 e. The lowest BCUT2D eigenvalue weighted by Gasteiger charge is -2.19. The molecule has 0 fully saturated rings. The van der Waals surface area contributed by atoms with Crippen molar-refractivity contribution in [3.63, 3.8) is 0 Å². The van der Waals surface area contributed by atoms with Crippen molar-refractivity contribution in [2.75, 3.05) is 13.1 Å². The zero-order chi connectivity index (χ0) is 12.7. The monoisotopic (exact) mass is 238 g/mol. The topological polar surface area (TPSA) is 28.4 Å². The Hall–Kier alpha value is -0.800. The molecule has 0 atom stereocenters. The van der Waals surface area contributed by atoms with Crippen molar-refractivity contribution in [2.24, 2.45) is 0 Å². The molecule has 0 amide bonds. The van der Waals surface area contributed by atoms with E-state index in [0.29, 0.717) is 6.04 Å². The van der Waals surface area contributed by atoms with Gasteiger partial charge in [-0.25, -0.2) is 0 Å². The molecule has 0 aliphatic rings. The average Bonchev–Trinajstić information content (AvgIpc) is 2.73. The maximum Gasteiger partial charge on any atom is 0.122 e. The highest BCUT2D eigenvalue weighted by Crippen LogP contribution is 2.13. The molecule has 1 N–H and O–H groups in total. The minimum absolute atomic E-state index is 0.492. The van der Waals surface area contributed by atoms with Gasteiger partial charge in [0.25, 0.3) is 0 Å². The van der Waals surface area contributed by atoms with Crippen LogP contribution in [0.3, 0.4) is 0 Å². The van der Waals surface area contributed by atoms with Crippen LogP contribution in [0.2, 0.25) is 0 Å². The van der Waals surface area contributed by atoms with Crippen molar-refractivity contribution in [3.8, 4) is 0 Å². The molecule has 3 nitrogen and oxygen atoms in total.